The molecule has 1 aromatic carbocycles. The van der Waals surface area contributed by atoms with E-state index in [0.29, 0.717) is 12.1 Å². The van der Waals surface area contributed by atoms with E-state index in [9.17, 15) is 8.78 Å². The molecule has 0 fully saturated rings. The van der Waals surface area contributed by atoms with Gasteiger partial charge in [-0.1, -0.05) is 18.2 Å². The summed E-state index contributed by atoms with van der Waals surface area (Å²) in [6.45, 7) is -0.272. The number of nitrogens with two attached hydrogens (primary N) is 1. The molecule has 6 heteroatoms. The second kappa shape index (κ2) is 6.58. The Balaban J connectivity index is 1.94. The second-order valence-corrected chi connectivity index (χ2v) is 4.87. The van der Waals surface area contributed by atoms with Gasteiger partial charge in [0.1, 0.15) is 6.61 Å². The molecule has 0 saturated carbocycles. The number of para-hydroxylation sites is 1. The third-order valence-corrected chi connectivity index (χ3v) is 3.40. The highest BCUT2D eigenvalue weighted by Gasteiger charge is 2.08. The molecule has 102 valence electrons. The van der Waals surface area contributed by atoms with Gasteiger partial charge in [-0.25, -0.2) is 13.8 Å². The van der Waals surface area contributed by atoms with Crippen molar-refractivity contribution in [2.75, 3.05) is 18.9 Å². The molecule has 0 aliphatic rings. The second-order valence-electron chi connectivity index (χ2n) is 3.93. The third kappa shape index (κ3) is 3.97. The third-order valence-electron chi connectivity index (χ3n) is 2.49. The highest BCUT2D eigenvalue weighted by atomic mass is 32.1. The maximum absolute atomic E-state index is 11.9. The van der Waals surface area contributed by atoms with Crippen molar-refractivity contribution in [3.63, 3.8) is 0 Å². The number of ether oxygens (including phenoxy) is 1. The first-order chi connectivity index (χ1) is 9.16. The van der Waals surface area contributed by atoms with E-state index in [4.69, 9.17) is 10.5 Å². The first-order valence-corrected chi connectivity index (χ1v) is 6.70. The summed E-state index contributed by atoms with van der Waals surface area (Å²) in [6, 6.07) is 7.49. The molecule has 0 amide bonds. The highest BCUT2D eigenvalue weighted by molar-refractivity contribution is 7.09. The Morgan fingerprint density at radius 1 is 1.32 bits per heavy atom. The van der Waals surface area contributed by atoms with Gasteiger partial charge in [0.05, 0.1) is 17.3 Å². The van der Waals surface area contributed by atoms with E-state index in [0.717, 1.165) is 16.3 Å². The summed E-state index contributed by atoms with van der Waals surface area (Å²) in [5, 5.41) is 2.77. The molecule has 2 N–H and O–H groups in total. The highest BCUT2D eigenvalue weighted by Crippen LogP contribution is 2.26. The number of alkyl halides is 2. The normalized spacial score (nSPS) is 11.1. The standard InChI is InChI=1S/C13H14F2N2OS/c14-12(15)7-18-6-5-13-17-11(8-19-13)9-3-1-2-4-10(9)16/h1-4,8,12H,5-7,16H2. The predicted octanol–water partition coefficient (Wildman–Crippen LogP) is 3.22. The number of anilines is 1. The summed E-state index contributed by atoms with van der Waals surface area (Å²) in [5.41, 5.74) is 8.25. The lowest BCUT2D eigenvalue weighted by Crippen LogP contribution is -2.06. The van der Waals surface area contributed by atoms with Crippen LogP contribution in [0.4, 0.5) is 14.5 Å². The van der Waals surface area contributed by atoms with Crippen molar-refractivity contribution < 1.29 is 13.5 Å². The SMILES string of the molecule is Nc1ccccc1-c1csc(CCOCC(F)F)n1. The minimum Gasteiger partial charge on any atom is -0.398 e. The fourth-order valence-electron chi connectivity index (χ4n) is 1.61. The molecule has 0 radical (unpaired) electrons. The van der Waals surface area contributed by atoms with Gasteiger partial charge in [0.15, 0.2) is 0 Å². The van der Waals surface area contributed by atoms with E-state index < -0.39 is 13.0 Å². The largest absolute Gasteiger partial charge is 0.398 e. The zero-order chi connectivity index (χ0) is 13.7. The van der Waals surface area contributed by atoms with Crippen LogP contribution in [0.25, 0.3) is 11.3 Å². The summed E-state index contributed by atoms with van der Waals surface area (Å²) in [6.07, 6.45) is -1.89. The van der Waals surface area contributed by atoms with Crippen molar-refractivity contribution in [3.05, 3.63) is 34.7 Å². The van der Waals surface area contributed by atoms with Crippen molar-refractivity contribution in [2.45, 2.75) is 12.8 Å². The van der Waals surface area contributed by atoms with E-state index in [1.165, 1.54) is 11.3 Å². The minimum atomic E-state index is -2.42. The number of aromatic nitrogens is 1. The van der Waals surface area contributed by atoms with Gasteiger partial charge >= 0.3 is 0 Å². The van der Waals surface area contributed by atoms with Crippen LogP contribution in [0.2, 0.25) is 0 Å². The van der Waals surface area contributed by atoms with Gasteiger partial charge in [0, 0.05) is 23.1 Å². The lowest BCUT2D eigenvalue weighted by atomic mass is 10.1. The van der Waals surface area contributed by atoms with Gasteiger partial charge in [-0.3, -0.25) is 0 Å². The Kier molecular flexibility index (Phi) is 4.81. The van der Waals surface area contributed by atoms with E-state index in [1.807, 2.05) is 29.6 Å². The summed E-state index contributed by atoms with van der Waals surface area (Å²) in [4.78, 5) is 4.43. The summed E-state index contributed by atoms with van der Waals surface area (Å²) in [5.74, 6) is 0. The smallest absolute Gasteiger partial charge is 0.261 e. The Morgan fingerprint density at radius 2 is 2.11 bits per heavy atom. The number of benzene rings is 1. The molecule has 19 heavy (non-hydrogen) atoms. The monoisotopic (exact) mass is 284 g/mol. The molecule has 0 unspecified atom stereocenters. The van der Waals surface area contributed by atoms with E-state index in [2.05, 4.69) is 4.98 Å². The van der Waals surface area contributed by atoms with Crippen LogP contribution in [-0.4, -0.2) is 24.6 Å². The molecular formula is C13H14F2N2OS. The Hall–Kier alpha value is -1.53. The molecule has 0 bridgehead atoms. The molecule has 2 aromatic rings. The van der Waals surface area contributed by atoms with Gasteiger partial charge in [-0.05, 0) is 6.07 Å². The Labute approximate surface area is 114 Å². The zero-order valence-corrected chi connectivity index (χ0v) is 11.0. The lowest BCUT2D eigenvalue weighted by Gasteiger charge is -2.02. The molecule has 1 heterocycles. The fourth-order valence-corrected chi connectivity index (χ4v) is 2.39. The molecule has 0 saturated heterocycles. The van der Waals surface area contributed by atoms with Crippen LogP contribution in [0.3, 0.4) is 0 Å². The molecule has 3 nitrogen and oxygen atoms in total. The molecule has 0 aliphatic carbocycles. The average molecular weight is 284 g/mol. The lowest BCUT2D eigenvalue weighted by molar-refractivity contribution is 0.0187. The van der Waals surface area contributed by atoms with Crippen LogP contribution in [-0.2, 0) is 11.2 Å². The van der Waals surface area contributed by atoms with Crippen LogP contribution in [0.5, 0.6) is 0 Å². The molecular weight excluding hydrogens is 270 g/mol. The molecule has 2 rings (SSSR count). The van der Waals surface area contributed by atoms with Gasteiger partial charge in [0.2, 0.25) is 0 Å². The first-order valence-electron chi connectivity index (χ1n) is 5.82. The van der Waals surface area contributed by atoms with E-state index >= 15 is 0 Å². The van der Waals surface area contributed by atoms with E-state index in [1.54, 1.807) is 0 Å². The Morgan fingerprint density at radius 3 is 2.84 bits per heavy atom. The topological polar surface area (TPSA) is 48.1 Å². The number of nitrogens with zero attached hydrogens (tertiary/aromatic N) is 1. The number of hydrogen-bond donors (Lipinski definition) is 1. The van der Waals surface area contributed by atoms with Crippen molar-refractivity contribution in [1.29, 1.82) is 0 Å². The van der Waals surface area contributed by atoms with Crippen molar-refractivity contribution in [2.24, 2.45) is 0 Å². The average Bonchev–Trinajstić information content (AvgIpc) is 2.83. The molecule has 0 aliphatic heterocycles. The maximum atomic E-state index is 11.9. The molecule has 0 spiro atoms. The van der Waals surface area contributed by atoms with Crippen LogP contribution < -0.4 is 5.73 Å². The van der Waals surface area contributed by atoms with E-state index in [-0.39, 0.29) is 6.61 Å². The molecule has 0 atom stereocenters. The number of nitrogen functional groups attached to an aromatic ring is 1. The van der Waals surface area contributed by atoms with Gasteiger partial charge in [-0.15, -0.1) is 11.3 Å². The quantitative estimate of drug-likeness (QED) is 0.654. The summed E-state index contributed by atoms with van der Waals surface area (Å²) < 4.78 is 28.6. The predicted molar refractivity (Wildman–Crippen MR) is 72.5 cm³/mol. The Bertz CT molecular complexity index is 531. The minimum absolute atomic E-state index is 0.252. The van der Waals surface area contributed by atoms with Crippen LogP contribution >= 0.6 is 11.3 Å². The first kappa shape index (κ1) is 13.9. The number of thiazole rings is 1. The van der Waals surface area contributed by atoms with Crippen molar-refractivity contribution >= 4 is 17.0 Å². The van der Waals surface area contributed by atoms with Gasteiger partial charge in [-0.2, -0.15) is 0 Å². The van der Waals surface area contributed by atoms with Crippen molar-refractivity contribution in [1.82, 2.24) is 4.98 Å². The van der Waals surface area contributed by atoms with Crippen LogP contribution in [0.15, 0.2) is 29.6 Å². The summed E-state index contributed by atoms with van der Waals surface area (Å²) >= 11 is 1.48. The zero-order valence-electron chi connectivity index (χ0n) is 10.2. The number of rotatable bonds is 6. The van der Waals surface area contributed by atoms with Gasteiger partial charge < -0.3 is 10.5 Å². The fraction of sp³-hybridized carbons (Fsp3) is 0.308. The number of halogens is 2. The maximum Gasteiger partial charge on any atom is 0.261 e. The van der Waals surface area contributed by atoms with Crippen molar-refractivity contribution in [3.8, 4) is 11.3 Å². The van der Waals surface area contributed by atoms with Crippen LogP contribution in [0.1, 0.15) is 5.01 Å². The van der Waals surface area contributed by atoms with Gasteiger partial charge in [0.25, 0.3) is 6.43 Å². The summed E-state index contributed by atoms with van der Waals surface area (Å²) in [7, 11) is 0. The molecule has 1 aromatic heterocycles. The van der Waals surface area contributed by atoms with Crippen LogP contribution in [0, 0.1) is 0 Å². The number of hydrogen-bond acceptors (Lipinski definition) is 4.